The van der Waals surface area contributed by atoms with E-state index < -0.39 is 8.32 Å². The highest BCUT2D eigenvalue weighted by atomic mass is 28.4. The molecule has 4 aliphatic rings. The molecule has 0 aliphatic heterocycles. The number of fused-ring (bicyclic) bond motifs is 5. The maximum absolute atomic E-state index is 6.58. The summed E-state index contributed by atoms with van der Waals surface area (Å²) in [5.41, 5.74) is 2.23. The molecule has 166 valence electrons. The van der Waals surface area contributed by atoms with Gasteiger partial charge in [-0.1, -0.05) is 32.3 Å². The Morgan fingerprint density at radius 1 is 1.03 bits per heavy atom. The van der Waals surface area contributed by atoms with Gasteiger partial charge in [0.25, 0.3) is 0 Å². The van der Waals surface area contributed by atoms with E-state index in [-0.39, 0.29) is 0 Å². The highest BCUT2D eigenvalue weighted by Crippen LogP contribution is 2.67. The Balaban J connectivity index is 1.63. The van der Waals surface area contributed by atoms with Gasteiger partial charge in [-0.3, -0.25) is 0 Å². The van der Waals surface area contributed by atoms with Crippen molar-refractivity contribution in [3.05, 3.63) is 0 Å². The first-order valence-electron chi connectivity index (χ1n) is 12.4. The third kappa shape index (κ3) is 3.64. The second-order valence-electron chi connectivity index (χ2n) is 12.3. The van der Waals surface area contributed by atoms with Gasteiger partial charge in [-0.2, -0.15) is 0 Å². The lowest BCUT2D eigenvalue weighted by Gasteiger charge is -2.61. The second-order valence-corrected chi connectivity index (χ2v) is 16.7. The first kappa shape index (κ1) is 21.9. The van der Waals surface area contributed by atoms with Crippen molar-refractivity contribution < 1.29 is 9.26 Å². The molecule has 0 saturated heterocycles. The molecule has 4 saturated carbocycles. The van der Waals surface area contributed by atoms with Crippen molar-refractivity contribution in [3.63, 3.8) is 0 Å². The average Bonchev–Trinajstić information content (AvgIpc) is 2.96. The fourth-order valence-electron chi connectivity index (χ4n) is 8.65. The van der Waals surface area contributed by atoms with Crippen LogP contribution in [-0.2, 0) is 9.26 Å². The van der Waals surface area contributed by atoms with Gasteiger partial charge in [0.15, 0.2) is 8.32 Å². The highest BCUT2D eigenvalue weighted by Gasteiger charge is 2.62. The quantitative estimate of drug-likeness (QED) is 0.367. The zero-order valence-electron chi connectivity index (χ0n) is 20.1. The molecular formula is C25H45NO2Si. The Morgan fingerprint density at radius 2 is 1.79 bits per heavy atom. The third-order valence-corrected chi connectivity index (χ3v) is 10.8. The molecule has 8 atom stereocenters. The van der Waals surface area contributed by atoms with Gasteiger partial charge in [0, 0.05) is 12.0 Å². The number of rotatable bonds is 4. The zero-order chi connectivity index (χ0) is 21.0. The van der Waals surface area contributed by atoms with Gasteiger partial charge in [-0.25, -0.2) is 0 Å². The van der Waals surface area contributed by atoms with E-state index in [1.165, 1.54) is 63.5 Å². The van der Waals surface area contributed by atoms with Gasteiger partial charge >= 0.3 is 0 Å². The van der Waals surface area contributed by atoms with Gasteiger partial charge in [-0.05, 0) is 106 Å². The molecule has 0 radical (unpaired) electrons. The molecule has 0 heterocycles. The number of oxime groups is 1. The first-order chi connectivity index (χ1) is 13.6. The lowest BCUT2D eigenvalue weighted by atomic mass is 9.44. The summed E-state index contributed by atoms with van der Waals surface area (Å²) in [6, 6.07) is 0. The molecule has 0 aromatic carbocycles. The van der Waals surface area contributed by atoms with Crippen molar-refractivity contribution in [2.24, 2.45) is 45.6 Å². The molecule has 0 bridgehead atoms. The number of hydrogen-bond acceptors (Lipinski definition) is 3. The predicted molar refractivity (Wildman–Crippen MR) is 124 cm³/mol. The Labute approximate surface area is 180 Å². The van der Waals surface area contributed by atoms with E-state index in [1.807, 2.05) is 0 Å². The largest absolute Gasteiger partial charge is 0.415 e. The molecular weight excluding hydrogens is 374 g/mol. The molecule has 4 aliphatic carbocycles. The van der Waals surface area contributed by atoms with E-state index in [4.69, 9.17) is 14.4 Å². The molecule has 29 heavy (non-hydrogen) atoms. The summed E-state index contributed by atoms with van der Waals surface area (Å²) in [5.74, 6) is 3.98. The van der Waals surface area contributed by atoms with Crippen molar-refractivity contribution in [3.8, 4) is 0 Å². The summed E-state index contributed by atoms with van der Waals surface area (Å²) < 4.78 is 6.58. The molecule has 0 spiro atoms. The van der Waals surface area contributed by atoms with Crippen LogP contribution < -0.4 is 0 Å². The average molecular weight is 420 g/mol. The van der Waals surface area contributed by atoms with Crippen LogP contribution in [0.3, 0.4) is 0 Å². The van der Waals surface area contributed by atoms with E-state index in [1.54, 1.807) is 7.11 Å². The van der Waals surface area contributed by atoms with Crippen LogP contribution in [0, 0.1) is 40.4 Å². The zero-order valence-corrected chi connectivity index (χ0v) is 21.1. The van der Waals surface area contributed by atoms with Crippen molar-refractivity contribution >= 4 is 14.0 Å². The first-order valence-corrected chi connectivity index (χ1v) is 15.8. The second kappa shape index (κ2) is 7.65. The Morgan fingerprint density at radius 3 is 2.45 bits per heavy atom. The lowest BCUT2D eigenvalue weighted by molar-refractivity contribution is -0.0816. The van der Waals surface area contributed by atoms with Crippen LogP contribution in [0.1, 0.15) is 78.6 Å². The van der Waals surface area contributed by atoms with Gasteiger partial charge in [0.05, 0.1) is 5.71 Å². The summed E-state index contributed by atoms with van der Waals surface area (Å²) in [5, 5.41) is 4.75. The Hall–Kier alpha value is -0.353. The molecule has 3 unspecified atom stereocenters. The minimum atomic E-state index is -1.47. The van der Waals surface area contributed by atoms with Crippen molar-refractivity contribution in [2.45, 2.75) is 104 Å². The van der Waals surface area contributed by atoms with Crippen LogP contribution in [0.5, 0.6) is 0 Å². The smallest absolute Gasteiger partial charge is 0.184 e. The third-order valence-electron chi connectivity index (χ3n) is 9.74. The summed E-state index contributed by atoms with van der Waals surface area (Å²) in [4.78, 5) is 5.47. The monoisotopic (exact) mass is 419 g/mol. The SMILES string of the molecule is CC[C@H]1CCC2C3CC[C@@H]4C[C@H](O[Si](C)(C)C)CC[C@]4(C)C3C(=NOC)C[C@@]21C. The topological polar surface area (TPSA) is 30.8 Å². The van der Waals surface area contributed by atoms with E-state index in [0.717, 1.165) is 23.7 Å². The van der Waals surface area contributed by atoms with E-state index in [9.17, 15) is 0 Å². The van der Waals surface area contributed by atoms with Gasteiger partial charge in [0.1, 0.15) is 7.11 Å². The van der Waals surface area contributed by atoms with Crippen LogP contribution >= 0.6 is 0 Å². The van der Waals surface area contributed by atoms with Crippen LogP contribution in [0.2, 0.25) is 19.6 Å². The summed E-state index contributed by atoms with van der Waals surface area (Å²) in [7, 11) is 0.284. The molecule has 4 rings (SSSR count). The summed E-state index contributed by atoms with van der Waals surface area (Å²) in [6.45, 7) is 14.6. The fraction of sp³-hybridized carbons (Fsp3) is 0.960. The Kier molecular flexibility index (Phi) is 5.77. The molecule has 4 fully saturated rings. The van der Waals surface area contributed by atoms with Crippen molar-refractivity contribution in [1.29, 1.82) is 0 Å². The minimum Gasteiger partial charge on any atom is -0.415 e. The van der Waals surface area contributed by atoms with Crippen LogP contribution in [-0.4, -0.2) is 27.2 Å². The van der Waals surface area contributed by atoms with Gasteiger partial charge in [-0.15, -0.1) is 0 Å². The van der Waals surface area contributed by atoms with E-state index in [0.29, 0.717) is 22.9 Å². The van der Waals surface area contributed by atoms with Gasteiger partial charge in [0.2, 0.25) is 0 Å². The summed E-state index contributed by atoms with van der Waals surface area (Å²) in [6.07, 6.45) is 12.4. The minimum absolute atomic E-state index is 0.380. The number of hydrogen-bond donors (Lipinski definition) is 0. The van der Waals surface area contributed by atoms with Crippen LogP contribution in [0.4, 0.5) is 0 Å². The van der Waals surface area contributed by atoms with E-state index >= 15 is 0 Å². The number of nitrogens with zero attached hydrogens (tertiary/aromatic N) is 1. The Bertz CT molecular complexity index is 643. The standard InChI is InChI=1S/C25H45NO2Si/c1-8-17-10-12-21-20-11-9-18-15-19(28-29(5,6)7)13-14-24(18,2)23(20)22(26-27-4)16-25(17,21)3/h17-21,23H,8-16H2,1-7H3/t17-,18+,19+,20?,21?,23?,24-,25+/m0/s1. The van der Waals surface area contributed by atoms with E-state index in [2.05, 4.69) is 40.4 Å². The molecule has 0 N–H and O–H groups in total. The molecule has 0 aromatic rings. The maximum Gasteiger partial charge on any atom is 0.184 e. The molecule has 4 heteroatoms. The van der Waals surface area contributed by atoms with Crippen LogP contribution in [0.25, 0.3) is 0 Å². The fourth-order valence-corrected chi connectivity index (χ4v) is 9.87. The highest BCUT2D eigenvalue weighted by molar-refractivity contribution is 6.69. The maximum atomic E-state index is 6.58. The molecule has 0 amide bonds. The lowest BCUT2D eigenvalue weighted by Crippen LogP contribution is -2.58. The van der Waals surface area contributed by atoms with Crippen molar-refractivity contribution in [1.82, 2.24) is 0 Å². The van der Waals surface area contributed by atoms with Crippen molar-refractivity contribution in [2.75, 3.05) is 7.11 Å². The predicted octanol–water partition coefficient (Wildman–Crippen LogP) is 6.89. The van der Waals surface area contributed by atoms with Gasteiger partial charge < -0.3 is 9.26 Å². The normalized spacial score (nSPS) is 48.7. The molecule has 3 nitrogen and oxygen atoms in total. The molecule has 0 aromatic heterocycles. The van der Waals surface area contributed by atoms with Crippen LogP contribution in [0.15, 0.2) is 5.16 Å². The summed E-state index contributed by atoms with van der Waals surface area (Å²) >= 11 is 0.